The molecule has 0 aromatic heterocycles. The first-order valence-corrected chi connectivity index (χ1v) is 9.12. The minimum atomic E-state index is 0.738. The third kappa shape index (κ3) is 2.12. The van der Waals surface area contributed by atoms with E-state index in [0.717, 1.165) is 12.1 Å². The number of nitrogens with zero attached hydrogens (tertiary/aromatic N) is 1. The maximum atomic E-state index is 2.62. The first-order valence-electron chi connectivity index (χ1n) is 9.12. The lowest BCUT2D eigenvalue weighted by atomic mass is 9.84. The average molecular weight is 313 g/mol. The van der Waals surface area contributed by atoms with Crippen LogP contribution in [0, 0.1) is 0 Å². The Hall–Kier alpha value is -2.12. The van der Waals surface area contributed by atoms with Crippen LogP contribution in [0.5, 0.6) is 0 Å². The molecule has 2 fully saturated rings. The van der Waals surface area contributed by atoms with Crippen LogP contribution in [0.15, 0.2) is 54.1 Å². The predicted molar refractivity (Wildman–Crippen MR) is 102 cm³/mol. The molecule has 2 heterocycles. The minimum absolute atomic E-state index is 0.738. The highest BCUT2D eigenvalue weighted by Crippen LogP contribution is 2.44. The van der Waals surface area contributed by atoms with Crippen molar-refractivity contribution >= 4 is 17.7 Å². The van der Waals surface area contributed by atoms with E-state index in [4.69, 9.17) is 0 Å². The number of rotatable bonds is 0. The van der Waals surface area contributed by atoms with Gasteiger partial charge in [0.1, 0.15) is 0 Å². The summed E-state index contributed by atoms with van der Waals surface area (Å²) in [6, 6.07) is 19.3. The Morgan fingerprint density at radius 2 is 1.25 bits per heavy atom. The van der Waals surface area contributed by atoms with E-state index >= 15 is 0 Å². The predicted octanol–water partition coefficient (Wildman–Crippen LogP) is 5.23. The molecule has 1 aliphatic carbocycles. The summed E-state index contributed by atoms with van der Waals surface area (Å²) in [5.41, 5.74) is 8.71. The van der Waals surface area contributed by atoms with Gasteiger partial charge in [0, 0.05) is 12.1 Å². The SMILES string of the molecule is CN1[C@@H]2CC[C@H]1CC(=C1c3ccccc3C=Cc3ccccc31)C2. The zero-order valence-corrected chi connectivity index (χ0v) is 14.2. The molecule has 120 valence electrons. The van der Waals surface area contributed by atoms with Gasteiger partial charge in [-0.25, -0.2) is 0 Å². The van der Waals surface area contributed by atoms with Crippen molar-refractivity contribution in [3.63, 3.8) is 0 Å². The smallest absolute Gasteiger partial charge is 0.0133 e. The van der Waals surface area contributed by atoms with E-state index in [1.807, 2.05) is 0 Å². The van der Waals surface area contributed by atoms with Gasteiger partial charge >= 0.3 is 0 Å². The number of fused-ring (bicyclic) bond motifs is 4. The van der Waals surface area contributed by atoms with E-state index in [2.05, 4.69) is 72.6 Å². The molecule has 24 heavy (non-hydrogen) atoms. The lowest BCUT2D eigenvalue weighted by molar-refractivity contribution is 0.210. The highest BCUT2D eigenvalue weighted by Gasteiger charge is 2.37. The zero-order valence-electron chi connectivity index (χ0n) is 14.2. The first kappa shape index (κ1) is 14.2. The molecule has 2 aromatic carbocycles. The van der Waals surface area contributed by atoms with Gasteiger partial charge in [0.25, 0.3) is 0 Å². The molecule has 2 bridgehead atoms. The summed E-state index contributed by atoms with van der Waals surface area (Å²) in [4.78, 5) is 2.62. The molecule has 2 aromatic rings. The summed E-state index contributed by atoms with van der Waals surface area (Å²) in [7, 11) is 2.32. The standard InChI is InChI=1S/C23H23N/c1-24-19-12-13-20(24)15-18(14-19)23-21-8-4-2-6-16(21)10-11-17-7-3-5-9-22(17)23/h2-11,19-20H,12-15H2,1H3/t19-,20+. The van der Waals surface area contributed by atoms with E-state index in [0.29, 0.717) is 0 Å². The summed E-state index contributed by atoms with van der Waals surface area (Å²) in [6.45, 7) is 0. The third-order valence-electron chi connectivity index (χ3n) is 6.21. The molecule has 5 rings (SSSR count). The summed E-state index contributed by atoms with van der Waals surface area (Å²) in [5.74, 6) is 0. The van der Waals surface area contributed by atoms with E-state index in [1.165, 1.54) is 53.5 Å². The number of hydrogen-bond acceptors (Lipinski definition) is 1. The summed E-state index contributed by atoms with van der Waals surface area (Å²) < 4.78 is 0. The molecule has 0 radical (unpaired) electrons. The van der Waals surface area contributed by atoms with Crippen LogP contribution in [0.2, 0.25) is 0 Å². The fourth-order valence-electron chi connectivity index (χ4n) is 4.88. The second-order valence-electron chi connectivity index (χ2n) is 7.45. The van der Waals surface area contributed by atoms with E-state index in [-0.39, 0.29) is 0 Å². The van der Waals surface area contributed by atoms with Crippen LogP contribution in [0.4, 0.5) is 0 Å². The monoisotopic (exact) mass is 313 g/mol. The molecule has 2 saturated heterocycles. The maximum absolute atomic E-state index is 2.62. The Morgan fingerprint density at radius 3 is 1.79 bits per heavy atom. The van der Waals surface area contributed by atoms with Gasteiger partial charge in [-0.3, -0.25) is 4.90 Å². The van der Waals surface area contributed by atoms with Crippen molar-refractivity contribution < 1.29 is 0 Å². The topological polar surface area (TPSA) is 3.24 Å². The largest absolute Gasteiger partial charge is 0.300 e. The Balaban J connectivity index is 1.76. The normalized spacial score (nSPS) is 25.4. The Labute approximate surface area is 144 Å². The van der Waals surface area contributed by atoms with Crippen LogP contribution in [0.3, 0.4) is 0 Å². The molecule has 1 heteroatoms. The highest BCUT2D eigenvalue weighted by atomic mass is 15.2. The van der Waals surface area contributed by atoms with Crippen LogP contribution in [-0.4, -0.2) is 24.0 Å². The van der Waals surface area contributed by atoms with E-state index in [1.54, 1.807) is 5.57 Å². The zero-order chi connectivity index (χ0) is 16.1. The van der Waals surface area contributed by atoms with Crippen LogP contribution < -0.4 is 0 Å². The molecule has 0 spiro atoms. The molecular formula is C23H23N. The lowest BCUT2D eigenvalue weighted by Crippen LogP contribution is -2.37. The summed E-state index contributed by atoms with van der Waals surface area (Å²) in [5, 5.41) is 0. The summed E-state index contributed by atoms with van der Waals surface area (Å²) >= 11 is 0. The van der Waals surface area contributed by atoms with Crippen molar-refractivity contribution in [2.75, 3.05) is 7.05 Å². The molecular weight excluding hydrogens is 290 g/mol. The van der Waals surface area contributed by atoms with Gasteiger partial charge in [-0.05, 0) is 60.6 Å². The van der Waals surface area contributed by atoms with Crippen molar-refractivity contribution in [2.45, 2.75) is 37.8 Å². The van der Waals surface area contributed by atoms with E-state index in [9.17, 15) is 0 Å². The van der Waals surface area contributed by atoms with Gasteiger partial charge in [-0.1, -0.05) is 66.3 Å². The Bertz CT molecular complexity index is 790. The molecule has 1 nitrogen and oxygen atoms in total. The van der Waals surface area contributed by atoms with Crippen molar-refractivity contribution in [2.24, 2.45) is 0 Å². The molecule has 0 unspecified atom stereocenters. The van der Waals surface area contributed by atoms with Crippen LogP contribution in [0.1, 0.15) is 47.9 Å². The second-order valence-corrected chi connectivity index (χ2v) is 7.45. The van der Waals surface area contributed by atoms with Crippen molar-refractivity contribution in [3.05, 3.63) is 76.4 Å². The molecule has 0 saturated carbocycles. The van der Waals surface area contributed by atoms with Gasteiger partial charge in [0.15, 0.2) is 0 Å². The van der Waals surface area contributed by atoms with Crippen LogP contribution >= 0.6 is 0 Å². The van der Waals surface area contributed by atoms with Crippen LogP contribution in [0.25, 0.3) is 17.7 Å². The van der Waals surface area contributed by atoms with Crippen molar-refractivity contribution in [1.29, 1.82) is 0 Å². The number of piperidine rings is 1. The van der Waals surface area contributed by atoms with E-state index < -0.39 is 0 Å². The van der Waals surface area contributed by atoms with Gasteiger partial charge in [-0.2, -0.15) is 0 Å². The van der Waals surface area contributed by atoms with Gasteiger partial charge in [0.2, 0.25) is 0 Å². The third-order valence-corrected chi connectivity index (χ3v) is 6.21. The second kappa shape index (κ2) is 5.46. The van der Waals surface area contributed by atoms with Crippen molar-refractivity contribution in [1.82, 2.24) is 4.90 Å². The van der Waals surface area contributed by atoms with Crippen LogP contribution in [-0.2, 0) is 0 Å². The summed E-state index contributed by atoms with van der Waals surface area (Å²) in [6.07, 6.45) is 9.74. The van der Waals surface area contributed by atoms with Gasteiger partial charge < -0.3 is 0 Å². The molecule has 2 atom stereocenters. The first-order chi connectivity index (χ1) is 11.8. The van der Waals surface area contributed by atoms with Gasteiger partial charge in [-0.15, -0.1) is 0 Å². The fourth-order valence-corrected chi connectivity index (χ4v) is 4.88. The minimum Gasteiger partial charge on any atom is -0.300 e. The maximum Gasteiger partial charge on any atom is 0.0133 e. The fraction of sp³-hybridized carbons (Fsp3) is 0.304. The molecule has 2 aliphatic heterocycles. The highest BCUT2D eigenvalue weighted by molar-refractivity contribution is 5.95. The van der Waals surface area contributed by atoms with Gasteiger partial charge in [0.05, 0.1) is 0 Å². The quantitative estimate of drug-likeness (QED) is 0.549. The number of benzene rings is 2. The molecule has 0 amide bonds. The average Bonchev–Trinajstić information content (AvgIpc) is 2.81. The number of hydrogen-bond donors (Lipinski definition) is 0. The Morgan fingerprint density at radius 1 is 0.750 bits per heavy atom. The Kier molecular flexibility index (Phi) is 3.24. The molecule has 3 aliphatic rings. The van der Waals surface area contributed by atoms with Crippen molar-refractivity contribution in [3.8, 4) is 0 Å². The lowest BCUT2D eigenvalue weighted by Gasteiger charge is -2.34. The molecule has 0 N–H and O–H groups in total.